The number of nitrogens with zero attached hydrogens (tertiary/aromatic N) is 2. The minimum Gasteiger partial charge on any atom is -0.381 e. The Labute approximate surface area is 167 Å². The maximum absolute atomic E-state index is 5.68. The van der Waals surface area contributed by atoms with Gasteiger partial charge < -0.3 is 19.9 Å². The highest BCUT2D eigenvalue weighted by Gasteiger charge is 1.97. The summed E-state index contributed by atoms with van der Waals surface area (Å²) in [6.45, 7) is 4.17. The van der Waals surface area contributed by atoms with Gasteiger partial charge in [0.2, 0.25) is 0 Å². The smallest absolute Gasteiger partial charge is 0.191 e. The van der Waals surface area contributed by atoms with Crippen LogP contribution in [0.5, 0.6) is 0 Å². The number of aliphatic imine (C=N–C) groups is 1. The van der Waals surface area contributed by atoms with Crippen molar-refractivity contribution in [2.45, 2.75) is 19.4 Å². The molecule has 2 N–H and O–H groups in total. The number of guanidine groups is 1. The van der Waals surface area contributed by atoms with Crippen LogP contribution in [0, 0.1) is 0 Å². The minimum absolute atomic E-state index is 0. The van der Waals surface area contributed by atoms with Gasteiger partial charge in [0.1, 0.15) is 0 Å². The van der Waals surface area contributed by atoms with E-state index >= 15 is 0 Å². The molecule has 0 saturated heterocycles. The van der Waals surface area contributed by atoms with Crippen molar-refractivity contribution in [1.29, 1.82) is 0 Å². The van der Waals surface area contributed by atoms with E-state index in [-0.39, 0.29) is 24.0 Å². The fourth-order valence-electron chi connectivity index (χ4n) is 2.36. The van der Waals surface area contributed by atoms with Gasteiger partial charge in [0.25, 0.3) is 0 Å². The third-order valence-electron chi connectivity index (χ3n) is 3.69. The Morgan fingerprint density at radius 3 is 2.44 bits per heavy atom. The van der Waals surface area contributed by atoms with Crippen molar-refractivity contribution in [1.82, 2.24) is 15.2 Å². The van der Waals surface area contributed by atoms with Gasteiger partial charge in [-0.2, -0.15) is 0 Å². The number of benzene rings is 1. The first kappa shape index (κ1) is 21.5. The molecule has 25 heavy (non-hydrogen) atoms. The highest BCUT2D eigenvalue weighted by atomic mass is 127. The number of nitrogens with one attached hydrogen (secondary N) is 2. The predicted molar refractivity (Wildman–Crippen MR) is 115 cm³/mol. The Bertz CT molecular complexity index is 572. The molecule has 2 rings (SSSR count). The summed E-state index contributed by atoms with van der Waals surface area (Å²) in [5, 5.41) is 6.62. The number of halogens is 1. The van der Waals surface area contributed by atoms with Crippen LogP contribution in [0.3, 0.4) is 0 Å². The number of rotatable bonds is 10. The SMILES string of the molecule is CN=C(NCCCOCCc1ccccc1)NCCn1cccc1.I. The molecule has 5 nitrogen and oxygen atoms in total. The molecule has 2 aromatic rings. The summed E-state index contributed by atoms with van der Waals surface area (Å²) in [6, 6.07) is 14.5. The predicted octanol–water partition coefficient (Wildman–Crippen LogP) is 2.92. The maximum atomic E-state index is 5.68. The summed E-state index contributed by atoms with van der Waals surface area (Å²) in [7, 11) is 1.79. The minimum atomic E-state index is 0. The van der Waals surface area contributed by atoms with Gasteiger partial charge in [0.05, 0.1) is 6.61 Å². The Kier molecular flexibility index (Phi) is 11.8. The molecule has 0 aliphatic rings. The van der Waals surface area contributed by atoms with Gasteiger partial charge >= 0.3 is 0 Å². The molecular weight excluding hydrogens is 427 g/mol. The zero-order valence-electron chi connectivity index (χ0n) is 14.9. The average molecular weight is 456 g/mol. The van der Waals surface area contributed by atoms with E-state index in [1.807, 2.05) is 18.2 Å². The first-order valence-corrected chi connectivity index (χ1v) is 8.55. The molecule has 0 fully saturated rings. The fourth-order valence-corrected chi connectivity index (χ4v) is 2.36. The van der Waals surface area contributed by atoms with Gasteiger partial charge in [-0.25, -0.2) is 0 Å². The maximum Gasteiger partial charge on any atom is 0.191 e. The van der Waals surface area contributed by atoms with Gasteiger partial charge in [-0.3, -0.25) is 4.99 Å². The van der Waals surface area contributed by atoms with Crippen LogP contribution >= 0.6 is 24.0 Å². The Balaban J connectivity index is 0.00000312. The molecule has 0 aliphatic carbocycles. The molecule has 0 saturated carbocycles. The van der Waals surface area contributed by atoms with E-state index in [0.29, 0.717) is 0 Å². The van der Waals surface area contributed by atoms with Crippen molar-refractivity contribution in [2.24, 2.45) is 4.99 Å². The second-order valence-corrected chi connectivity index (χ2v) is 5.55. The van der Waals surface area contributed by atoms with Crippen LogP contribution in [-0.2, 0) is 17.7 Å². The van der Waals surface area contributed by atoms with E-state index in [1.165, 1.54) is 5.56 Å². The van der Waals surface area contributed by atoms with Crippen molar-refractivity contribution >= 4 is 29.9 Å². The van der Waals surface area contributed by atoms with Crippen molar-refractivity contribution < 1.29 is 4.74 Å². The van der Waals surface area contributed by atoms with Crippen LogP contribution in [0.1, 0.15) is 12.0 Å². The molecule has 1 aromatic heterocycles. The lowest BCUT2D eigenvalue weighted by Gasteiger charge is -2.12. The topological polar surface area (TPSA) is 50.6 Å². The third kappa shape index (κ3) is 9.50. The van der Waals surface area contributed by atoms with E-state index in [2.05, 4.69) is 56.9 Å². The number of hydrogen-bond acceptors (Lipinski definition) is 2. The Hall–Kier alpha value is -1.54. The lowest BCUT2D eigenvalue weighted by Crippen LogP contribution is -2.39. The normalized spacial score (nSPS) is 11.0. The molecule has 6 heteroatoms. The summed E-state index contributed by atoms with van der Waals surface area (Å²) in [5.74, 6) is 0.839. The van der Waals surface area contributed by atoms with Crippen LogP contribution in [0.4, 0.5) is 0 Å². The standard InChI is InChI=1S/C19H28N4O.HI/c1-20-19(22-12-15-23-13-5-6-14-23)21-11-7-16-24-17-10-18-8-3-2-4-9-18;/h2-6,8-9,13-14H,7,10-12,15-17H2,1H3,(H2,20,21,22);1H. The summed E-state index contributed by atoms with van der Waals surface area (Å²) in [6.07, 6.45) is 6.05. The van der Waals surface area contributed by atoms with Crippen LogP contribution in [0.25, 0.3) is 0 Å². The summed E-state index contributed by atoms with van der Waals surface area (Å²) in [4.78, 5) is 4.22. The molecule has 1 aromatic carbocycles. The van der Waals surface area contributed by atoms with Crippen LogP contribution in [0.15, 0.2) is 59.9 Å². The average Bonchev–Trinajstić information content (AvgIpc) is 3.13. The summed E-state index contributed by atoms with van der Waals surface area (Å²) in [5.41, 5.74) is 1.32. The van der Waals surface area contributed by atoms with Gasteiger partial charge in [-0.05, 0) is 30.5 Å². The molecule has 0 radical (unpaired) electrons. The Morgan fingerprint density at radius 2 is 1.72 bits per heavy atom. The second kappa shape index (κ2) is 13.7. The fraction of sp³-hybridized carbons (Fsp3) is 0.421. The largest absolute Gasteiger partial charge is 0.381 e. The van der Waals surface area contributed by atoms with Gasteiger partial charge in [-0.15, -0.1) is 24.0 Å². The Morgan fingerprint density at radius 1 is 1.00 bits per heavy atom. The van der Waals surface area contributed by atoms with Crippen molar-refractivity contribution in [3.63, 3.8) is 0 Å². The molecule has 0 atom stereocenters. The van der Waals surface area contributed by atoms with Crippen molar-refractivity contribution in [2.75, 3.05) is 33.4 Å². The van der Waals surface area contributed by atoms with Crippen LogP contribution in [0.2, 0.25) is 0 Å². The third-order valence-corrected chi connectivity index (χ3v) is 3.69. The highest BCUT2D eigenvalue weighted by Crippen LogP contribution is 1.99. The summed E-state index contributed by atoms with van der Waals surface area (Å²) < 4.78 is 7.82. The zero-order chi connectivity index (χ0) is 16.9. The first-order valence-electron chi connectivity index (χ1n) is 8.55. The number of ether oxygens (including phenoxy) is 1. The lowest BCUT2D eigenvalue weighted by molar-refractivity contribution is 0.135. The van der Waals surface area contributed by atoms with Gasteiger partial charge in [0.15, 0.2) is 5.96 Å². The number of aromatic nitrogens is 1. The van der Waals surface area contributed by atoms with Gasteiger partial charge in [-0.1, -0.05) is 30.3 Å². The van der Waals surface area contributed by atoms with E-state index in [4.69, 9.17) is 4.74 Å². The molecule has 0 amide bonds. The lowest BCUT2D eigenvalue weighted by atomic mass is 10.2. The van der Waals surface area contributed by atoms with Gasteiger partial charge in [0, 0.05) is 45.7 Å². The second-order valence-electron chi connectivity index (χ2n) is 5.55. The molecule has 138 valence electrons. The van der Waals surface area contributed by atoms with Crippen LogP contribution in [-0.4, -0.2) is 43.9 Å². The molecule has 0 aliphatic heterocycles. The molecule has 0 spiro atoms. The zero-order valence-corrected chi connectivity index (χ0v) is 17.2. The first-order chi connectivity index (χ1) is 11.9. The monoisotopic (exact) mass is 456 g/mol. The number of hydrogen-bond donors (Lipinski definition) is 2. The van der Waals surface area contributed by atoms with E-state index in [9.17, 15) is 0 Å². The van der Waals surface area contributed by atoms with E-state index < -0.39 is 0 Å². The van der Waals surface area contributed by atoms with E-state index in [1.54, 1.807) is 7.05 Å². The summed E-state index contributed by atoms with van der Waals surface area (Å²) >= 11 is 0. The molecule has 1 heterocycles. The molecular formula is C19H29IN4O. The van der Waals surface area contributed by atoms with Crippen molar-refractivity contribution in [3.05, 3.63) is 60.4 Å². The highest BCUT2D eigenvalue weighted by molar-refractivity contribution is 14.0. The molecule has 0 bridgehead atoms. The quantitative estimate of drug-likeness (QED) is 0.250. The van der Waals surface area contributed by atoms with E-state index in [0.717, 1.165) is 51.6 Å². The molecule has 0 unspecified atom stereocenters. The van der Waals surface area contributed by atoms with Crippen molar-refractivity contribution in [3.8, 4) is 0 Å². The van der Waals surface area contributed by atoms with Crippen LogP contribution < -0.4 is 10.6 Å².